The molecule has 0 radical (unpaired) electrons. The monoisotopic (exact) mass is 187 g/mol. The summed E-state index contributed by atoms with van der Waals surface area (Å²) < 4.78 is 5.68. The van der Waals surface area contributed by atoms with E-state index in [0.717, 1.165) is 26.0 Å². The summed E-state index contributed by atoms with van der Waals surface area (Å²) >= 11 is 0. The summed E-state index contributed by atoms with van der Waals surface area (Å²) in [5.74, 6) is 0. The van der Waals surface area contributed by atoms with E-state index >= 15 is 0 Å². The van der Waals surface area contributed by atoms with Crippen LogP contribution in [0.2, 0.25) is 0 Å². The molecule has 0 aliphatic heterocycles. The van der Waals surface area contributed by atoms with Gasteiger partial charge >= 0.3 is 0 Å². The molecule has 0 saturated heterocycles. The molecule has 2 unspecified atom stereocenters. The summed E-state index contributed by atoms with van der Waals surface area (Å²) in [5, 5.41) is 3.53. The van der Waals surface area contributed by atoms with Crippen molar-refractivity contribution in [2.24, 2.45) is 0 Å². The first-order valence-corrected chi connectivity index (χ1v) is 5.64. The molecule has 0 rings (SSSR count). The maximum Gasteiger partial charge on any atom is 0.0725 e. The van der Waals surface area contributed by atoms with Gasteiger partial charge in [-0.2, -0.15) is 0 Å². The van der Waals surface area contributed by atoms with E-state index in [1.165, 1.54) is 6.42 Å². The van der Waals surface area contributed by atoms with E-state index in [-0.39, 0.29) is 0 Å². The van der Waals surface area contributed by atoms with E-state index < -0.39 is 0 Å². The first-order valence-electron chi connectivity index (χ1n) is 5.64. The van der Waals surface area contributed by atoms with Crippen LogP contribution in [0.5, 0.6) is 0 Å². The second kappa shape index (κ2) is 8.52. The number of nitrogens with one attached hydrogen (secondary N) is 1. The first kappa shape index (κ1) is 12.9. The van der Waals surface area contributed by atoms with Crippen LogP contribution in [-0.4, -0.2) is 25.3 Å². The molecule has 13 heavy (non-hydrogen) atoms. The zero-order valence-corrected chi connectivity index (χ0v) is 9.60. The van der Waals surface area contributed by atoms with Crippen molar-refractivity contribution < 1.29 is 4.74 Å². The Bertz CT molecular complexity index is 106. The van der Waals surface area contributed by atoms with Gasteiger partial charge in [0.1, 0.15) is 0 Å². The quantitative estimate of drug-likeness (QED) is 0.630. The lowest BCUT2D eigenvalue weighted by atomic mass is 10.1. The molecule has 0 saturated carbocycles. The molecule has 0 spiro atoms. The number of hydrogen-bond donors (Lipinski definition) is 1. The van der Waals surface area contributed by atoms with Gasteiger partial charge in [-0.1, -0.05) is 20.8 Å². The highest BCUT2D eigenvalue weighted by atomic mass is 16.5. The standard InChI is InChI=1S/C11H25NO/c1-5-9-12-10(6-2)11(7-3)13-8-4/h10-12H,5-9H2,1-4H3. The largest absolute Gasteiger partial charge is 0.377 e. The zero-order chi connectivity index (χ0) is 10.1. The predicted molar refractivity (Wildman–Crippen MR) is 58.1 cm³/mol. The van der Waals surface area contributed by atoms with Crippen LogP contribution >= 0.6 is 0 Å². The second-order valence-corrected chi connectivity index (χ2v) is 3.37. The predicted octanol–water partition coefficient (Wildman–Crippen LogP) is 2.58. The fourth-order valence-electron chi connectivity index (χ4n) is 1.60. The normalized spacial score (nSPS) is 15.7. The fourth-order valence-corrected chi connectivity index (χ4v) is 1.60. The van der Waals surface area contributed by atoms with Crippen LogP contribution in [0.15, 0.2) is 0 Å². The zero-order valence-electron chi connectivity index (χ0n) is 9.60. The average Bonchev–Trinajstić information content (AvgIpc) is 2.17. The van der Waals surface area contributed by atoms with Crippen molar-refractivity contribution in [2.75, 3.05) is 13.2 Å². The van der Waals surface area contributed by atoms with Crippen LogP contribution in [-0.2, 0) is 4.74 Å². The lowest BCUT2D eigenvalue weighted by Crippen LogP contribution is -2.41. The Morgan fingerprint density at radius 2 is 1.77 bits per heavy atom. The van der Waals surface area contributed by atoms with E-state index in [1.54, 1.807) is 0 Å². The minimum atomic E-state index is 0.390. The van der Waals surface area contributed by atoms with Crippen LogP contribution in [0.1, 0.15) is 47.0 Å². The van der Waals surface area contributed by atoms with Crippen LogP contribution in [0.25, 0.3) is 0 Å². The van der Waals surface area contributed by atoms with E-state index in [1.807, 2.05) is 0 Å². The Morgan fingerprint density at radius 3 is 2.15 bits per heavy atom. The van der Waals surface area contributed by atoms with Crippen LogP contribution in [0.4, 0.5) is 0 Å². The number of rotatable bonds is 8. The summed E-state index contributed by atoms with van der Waals surface area (Å²) in [6, 6.07) is 0.532. The molecule has 1 N–H and O–H groups in total. The van der Waals surface area contributed by atoms with Gasteiger partial charge in [0.15, 0.2) is 0 Å². The van der Waals surface area contributed by atoms with Gasteiger partial charge in [-0.25, -0.2) is 0 Å². The van der Waals surface area contributed by atoms with Gasteiger partial charge in [0, 0.05) is 12.6 Å². The Balaban J connectivity index is 3.84. The summed E-state index contributed by atoms with van der Waals surface area (Å²) in [4.78, 5) is 0. The molecule has 0 aromatic carbocycles. The van der Waals surface area contributed by atoms with Crippen LogP contribution < -0.4 is 5.32 Å². The maximum atomic E-state index is 5.68. The third-order valence-electron chi connectivity index (χ3n) is 2.33. The van der Waals surface area contributed by atoms with Gasteiger partial charge in [-0.15, -0.1) is 0 Å². The molecule has 2 heteroatoms. The molecule has 0 fully saturated rings. The van der Waals surface area contributed by atoms with E-state index in [4.69, 9.17) is 4.74 Å². The van der Waals surface area contributed by atoms with Gasteiger partial charge in [0.25, 0.3) is 0 Å². The molecular weight excluding hydrogens is 162 g/mol. The molecule has 2 atom stereocenters. The van der Waals surface area contributed by atoms with Crippen molar-refractivity contribution in [3.8, 4) is 0 Å². The summed E-state index contributed by atoms with van der Waals surface area (Å²) in [6.07, 6.45) is 3.84. The average molecular weight is 187 g/mol. The molecule has 80 valence electrons. The second-order valence-electron chi connectivity index (χ2n) is 3.37. The lowest BCUT2D eigenvalue weighted by molar-refractivity contribution is 0.0309. The molecule has 0 aromatic heterocycles. The highest BCUT2D eigenvalue weighted by Crippen LogP contribution is 2.07. The van der Waals surface area contributed by atoms with E-state index in [2.05, 4.69) is 33.0 Å². The Labute approximate surface area is 83.1 Å². The number of hydrogen-bond acceptors (Lipinski definition) is 2. The summed E-state index contributed by atoms with van der Waals surface area (Å²) in [7, 11) is 0. The molecular formula is C11H25NO. The van der Waals surface area contributed by atoms with Crippen molar-refractivity contribution in [1.29, 1.82) is 0 Å². The minimum Gasteiger partial charge on any atom is -0.377 e. The lowest BCUT2D eigenvalue weighted by Gasteiger charge is -2.26. The highest BCUT2D eigenvalue weighted by Gasteiger charge is 2.16. The highest BCUT2D eigenvalue weighted by molar-refractivity contribution is 4.74. The van der Waals surface area contributed by atoms with Gasteiger partial charge in [0.2, 0.25) is 0 Å². The summed E-state index contributed by atoms with van der Waals surface area (Å²) in [5.41, 5.74) is 0. The number of ether oxygens (including phenoxy) is 1. The van der Waals surface area contributed by atoms with Crippen molar-refractivity contribution >= 4 is 0 Å². The molecule has 0 amide bonds. The summed E-state index contributed by atoms with van der Waals surface area (Å²) in [6.45, 7) is 10.6. The van der Waals surface area contributed by atoms with Gasteiger partial charge in [-0.05, 0) is 32.7 Å². The molecule has 0 aliphatic carbocycles. The van der Waals surface area contributed by atoms with Crippen molar-refractivity contribution in [1.82, 2.24) is 5.32 Å². The Hall–Kier alpha value is -0.0800. The van der Waals surface area contributed by atoms with Crippen molar-refractivity contribution in [3.05, 3.63) is 0 Å². The minimum absolute atomic E-state index is 0.390. The Kier molecular flexibility index (Phi) is 8.46. The third kappa shape index (κ3) is 5.27. The van der Waals surface area contributed by atoms with Gasteiger partial charge in [0.05, 0.1) is 6.10 Å². The van der Waals surface area contributed by atoms with Gasteiger partial charge in [-0.3, -0.25) is 0 Å². The van der Waals surface area contributed by atoms with Gasteiger partial charge < -0.3 is 10.1 Å². The smallest absolute Gasteiger partial charge is 0.0725 e. The molecule has 2 nitrogen and oxygen atoms in total. The fraction of sp³-hybridized carbons (Fsp3) is 1.00. The van der Waals surface area contributed by atoms with E-state index in [0.29, 0.717) is 12.1 Å². The van der Waals surface area contributed by atoms with Crippen LogP contribution in [0.3, 0.4) is 0 Å². The molecule has 0 bridgehead atoms. The molecule has 0 aliphatic rings. The van der Waals surface area contributed by atoms with Crippen LogP contribution in [0, 0.1) is 0 Å². The third-order valence-corrected chi connectivity index (χ3v) is 2.33. The van der Waals surface area contributed by atoms with E-state index in [9.17, 15) is 0 Å². The first-order chi connectivity index (χ1) is 6.29. The van der Waals surface area contributed by atoms with Crippen molar-refractivity contribution in [2.45, 2.75) is 59.1 Å². The molecule has 0 heterocycles. The molecule has 0 aromatic rings. The SMILES string of the molecule is CCCNC(CC)C(CC)OCC. The van der Waals surface area contributed by atoms with Crippen molar-refractivity contribution in [3.63, 3.8) is 0 Å². The Morgan fingerprint density at radius 1 is 1.08 bits per heavy atom. The topological polar surface area (TPSA) is 21.3 Å². The maximum absolute atomic E-state index is 5.68.